The molecule has 10 heteroatoms. The second kappa shape index (κ2) is 4.47. The Labute approximate surface area is 139 Å². The van der Waals surface area contributed by atoms with E-state index < -0.39 is 42.7 Å². The zero-order valence-electron chi connectivity index (χ0n) is 12.4. The molecule has 124 valence electrons. The molecule has 1 unspecified atom stereocenters. The molecule has 2 saturated heterocycles. The Bertz CT molecular complexity index is 704. The van der Waals surface area contributed by atoms with Gasteiger partial charge >= 0.3 is 0 Å². The van der Waals surface area contributed by atoms with Crippen molar-refractivity contribution in [2.45, 2.75) is 44.1 Å². The molecule has 9 nitrogen and oxygen atoms in total. The Balaban J connectivity index is 1.84. The summed E-state index contributed by atoms with van der Waals surface area (Å²) in [6, 6.07) is 0. The number of amides is 1. The highest BCUT2D eigenvalue weighted by molar-refractivity contribution is 9.11. The third kappa shape index (κ3) is 1.51. The first-order chi connectivity index (χ1) is 10.8. The van der Waals surface area contributed by atoms with E-state index in [0.29, 0.717) is 16.0 Å². The first-order valence-corrected chi connectivity index (χ1v) is 7.96. The van der Waals surface area contributed by atoms with E-state index in [9.17, 15) is 20.1 Å². The van der Waals surface area contributed by atoms with Gasteiger partial charge < -0.3 is 20.1 Å². The van der Waals surface area contributed by atoms with Crippen molar-refractivity contribution in [1.82, 2.24) is 5.01 Å². The highest BCUT2D eigenvalue weighted by Gasteiger charge is 2.87. The van der Waals surface area contributed by atoms with Crippen LogP contribution < -0.4 is 0 Å². The van der Waals surface area contributed by atoms with Crippen molar-refractivity contribution in [3.63, 3.8) is 0 Å². The van der Waals surface area contributed by atoms with Gasteiger partial charge in [-0.1, -0.05) is 0 Å². The molecule has 1 amide bonds. The number of nitrogens with zero attached hydrogens (tertiary/aromatic N) is 4. The molecule has 0 spiro atoms. The summed E-state index contributed by atoms with van der Waals surface area (Å²) in [4.78, 5) is 20.0. The molecular formula is C13H16BrN4O5+. The molecule has 0 aromatic rings. The number of carbonyl (C=O) groups is 1. The van der Waals surface area contributed by atoms with Crippen molar-refractivity contribution in [1.29, 1.82) is 0 Å². The quantitative estimate of drug-likeness (QED) is 0.311. The van der Waals surface area contributed by atoms with Gasteiger partial charge in [-0.25, -0.2) is 0 Å². The van der Waals surface area contributed by atoms with E-state index >= 15 is 0 Å². The molecule has 5 atom stereocenters. The van der Waals surface area contributed by atoms with Crippen LogP contribution in [0.1, 0.15) is 13.8 Å². The number of ether oxygens (including phenoxy) is 1. The average Bonchev–Trinajstić information content (AvgIpc) is 2.72. The van der Waals surface area contributed by atoms with Gasteiger partial charge in [0.25, 0.3) is 18.0 Å². The Morgan fingerprint density at radius 2 is 2.13 bits per heavy atom. The molecule has 0 radical (unpaired) electrons. The predicted molar refractivity (Wildman–Crippen MR) is 80.8 cm³/mol. The van der Waals surface area contributed by atoms with Gasteiger partial charge in [-0.15, -0.1) is 9.60 Å². The van der Waals surface area contributed by atoms with Crippen molar-refractivity contribution in [3.05, 3.63) is 10.2 Å². The molecule has 23 heavy (non-hydrogen) atoms. The van der Waals surface area contributed by atoms with Crippen LogP contribution in [0.4, 0.5) is 0 Å². The van der Waals surface area contributed by atoms with E-state index in [1.807, 2.05) is 18.9 Å². The van der Waals surface area contributed by atoms with Crippen LogP contribution >= 0.6 is 15.9 Å². The molecule has 4 rings (SSSR count). The minimum absolute atomic E-state index is 0.0462. The molecule has 4 heterocycles. The smallest absolute Gasteiger partial charge is 0.289 e. The number of quaternary nitrogens is 1. The first-order valence-electron chi connectivity index (χ1n) is 7.17. The van der Waals surface area contributed by atoms with E-state index in [4.69, 9.17) is 4.74 Å². The zero-order chi connectivity index (χ0) is 16.7. The summed E-state index contributed by atoms with van der Waals surface area (Å²) < 4.78 is 6.21. The van der Waals surface area contributed by atoms with Crippen molar-refractivity contribution in [3.8, 4) is 0 Å². The summed E-state index contributed by atoms with van der Waals surface area (Å²) in [7, 11) is 0. The van der Waals surface area contributed by atoms with Gasteiger partial charge in [-0.2, -0.15) is 9.98 Å². The second-order valence-corrected chi connectivity index (χ2v) is 7.14. The van der Waals surface area contributed by atoms with Gasteiger partial charge in [-0.3, -0.25) is 4.79 Å². The Morgan fingerprint density at radius 3 is 2.74 bits per heavy atom. The maximum atomic E-state index is 12.1. The fourth-order valence-electron chi connectivity index (χ4n) is 3.91. The van der Waals surface area contributed by atoms with Crippen molar-refractivity contribution < 1.29 is 29.4 Å². The van der Waals surface area contributed by atoms with Crippen molar-refractivity contribution >= 4 is 34.0 Å². The number of amidine groups is 1. The number of fused-ring (bicyclic) bond motifs is 3. The molecule has 3 N–H and O–H groups in total. The molecule has 0 saturated carbocycles. The Kier molecular flexibility index (Phi) is 2.98. The fraction of sp³-hybridized carbons (Fsp3) is 0.615. The summed E-state index contributed by atoms with van der Waals surface area (Å²) in [5.41, 5.74) is -0.216. The van der Waals surface area contributed by atoms with Gasteiger partial charge in [-0.05, 0) is 15.9 Å². The van der Waals surface area contributed by atoms with Crippen LogP contribution in [0, 0.1) is 0 Å². The standard InChI is InChI=1S/C13H16BrN4O5/c1-13(2)17-9(14)6-10(15-4-16-11(6)22)18(13,17)12-8(21)7(20)5(3-19)23-12/h4-5,7-8,12,19-21H,3H2,1-2H3/q+1/t5-,7+,8-,12-,17?,18?/m1/s1. The molecular weight excluding hydrogens is 372 g/mol. The van der Waals surface area contributed by atoms with E-state index in [-0.39, 0.29) is 4.59 Å². The number of hydrogen-bond donors (Lipinski definition) is 3. The normalized spacial score (nSPS) is 43.7. The molecule has 4 aliphatic rings. The maximum Gasteiger partial charge on any atom is 0.289 e. The van der Waals surface area contributed by atoms with Crippen LogP contribution in [0.5, 0.6) is 0 Å². The third-order valence-electron chi connectivity index (χ3n) is 5.02. The van der Waals surface area contributed by atoms with Crippen LogP contribution in [0.25, 0.3) is 0 Å². The Morgan fingerprint density at radius 1 is 1.43 bits per heavy atom. The summed E-state index contributed by atoms with van der Waals surface area (Å²) in [5, 5.41) is 31.7. The molecule has 0 bridgehead atoms. The number of halogens is 1. The lowest BCUT2D eigenvalue weighted by Crippen LogP contribution is -2.54. The summed E-state index contributed by atoms with van der Waals surface area (Å²) in [5.74, 6) is -0.00849. The van der Waals surface area contributed by atoms with Crippen molar-refractivity contribution in [2.75, 3.05) is 6.61 Å². The van der Waals surface area contributed by atoms with Crippen LogP contribution in [0.2, 0.25) is 0 Å². The number of hydrogen-bond acceptors (Lipinski definition) is 7. The van der Waals surface area contributed by atoms with Crippen LogP contribution in [0.15, 0.2) is 20.2 Å². The topological polar surface area (TPSA) is 115 Å². The average molecular weight is 388 g/mol. The Hall–Kier alpha value is -1.17. The minimum Gasteiger partial charge on any atom is -0.394 e. The summed E-state index contributed by atoms with van der Waals surface area (Å²) >= 11 is 3.42. The van der Waals surface area contributed by atoms with Crippen LogP contribution in [0.3, 0.4) is 0 Å². The minimum atomic E-state index is -1.23. The van der Waals surface area contributed by atoms with Gasteiger partial charge in [0, 0.05) is 13.8 Å². The summed E-state index contributed by atoms with van der Waals surface area (Å²) in [6.07, 6.45) is -3.04. The van der Waals surface area contributed by atoms with E-state index in [0.717, 1.165) is 0 Å². The second-order valence-electron chi connectivity index (χ2n) is 6.39. The summed E-state index contributed by atoms with van der Waals surface area (Å²) in [6.45, 7) is 3.42. The lowest BCUT2D eigenvalue weighted by atomic mass is 10.1. The first kappa shape index (κ1) is 15.4. The van der Waals surface area contributed by atoms with Gasteiger partial charge in [0.15, 0.2) is 16.3 Å². The number of rotatable bonds is 2. The SMILES string of the molecule is CC1(C)N2C(Br)=C3C(=O)N=CN=C3[N+]21[C@@H]1O[C@H](CO)[C@H](O)[C@H]1O. The number of aliphatic imine (C=N–C) groups is 2. The molecule has 0 aliphatic carbocycles. The van der Waals surface area contributed by atoms with Crippen LogP contribution in [-0.2, 0) is 9.53 Å². The van der Waals surface area contributed by atoms with E-state index in [1.165, 1.54) is 6.34 Å². The van der Waals surface area contributed by atoms with E-state index in [1.54, 1.807) is 0 Å². The fourth-order valence-corrected chi connectivity index (χ4v) is 4.94. The predicted octanol–water partition coefficient (Wildman–Crippen LogP) is -1.20. The number of aliphatic hydroxyl groups excluding tert-OH is 3. The number of aliphatic hydroxyl groups is 3. The van der Waals surface area contributed by atoms with E-state index in [2.05, 4.69) is 25.9 Å². The van der Waals surface area contributed by atoms with Crippen LogP contribution in [-0.4, -0.2) is 79.8 Å². The third-order valence-corrected chi connectivity index (χ3v) is 5.75. The molecule has 2 fully saturated rings. The van der Waals surface area contributed by atoms with Gasteiger partial charge in [0.1, 0.15) is 18.5 Å². The highest BCUT2D eigenvalue weighted by Crippen LogP contribution is 2.63. The number of carbonyl (C=O) groups excluding carboxylic acids is 1. The monoisotopic (exact) mass is 387 g/mol. The molecule has 4 aliphatic heterocycles. The highest BCUT2D eigenvalue weighted by atomic mass is 79.9. The van der Waals surface area contributed by atoms with Gasteiger partial charge in [0.05, 0.1) is 6.61 Å². The van der Waals surface area contributed by atoms with Gasteiger partial charge in [0.2, 0.25) is 5.66 Å². The molecule has 0 aromatic heterocycles. The largest absolute Gasteiger partial charge is 0.394 e. The lowest BCUT2D eigenvalue weighted by Gasteiger charge is -2.25. The van der Waals surface area contributed by atoms with Crippen molar-refractivity contribution in [2.24, 2.45) is 9.98 Å². The zero-order valence-corrected chi connectivity index (χ0v) is 14.0. The lowest BCUT2D eigenvalue weighted by molar-refractivity contribution is -0.845. The maximum absolute atomic E-state index is 12.1. The molecule has 0 aromatic carbocycles.